The van der Waals surface area contributed by atoms with E-state index in [9.17, 15) is 9.90 Å². The summed E-state index contributed by atoms with van der Waals surface area (Å²) in [6.07, 6.45) is 1.87. The minimum absolute atomic E-state index is 0.0332. The van der Waals surface area contributed by atoms with Crippen molar-refractivity contribution in [2.24, 2.45) is 0 Å². The molecule has 6 heteroatoms. The number of ether oxygens (including phenoxy) is 2. The lowest BCUT2D eigenvalue weighted by atomic mass is 9.49. The van der Waals surface area contributed by atoms with Crippen LogP contribution >= 0.6 is 22.6 Å². The molecule has 0 amide bonds. The van der Waals surface area contributed by atoms with Crippen molar-refractivity contribution in [3.63, 3.8) is 0 Å². The van der Waals surface area contributed by atoms with Crippen LogP contribution in [0.25, 0.3) is 0 Å². The lowest BCUT2D eigenvalue weighted by Crippen LogP contribution is -2.76. The number of methoxy groups -OCH3 is 1. The molecule has 4 atom stereocenters. The first-order valence-corrected chi connectivity index (χ1v) is 9.54. The fourth-order valence-electron chi connectivity index (χ4n) is 5.72. The Hall–Kier alpha value is -0.860. The first kappa shape index (κ1) is 15.4. The maximum Gasteiger partial charge on any atom is 0.174 e. The summed E-state index contributed by atoms with van der Waals surface area (Å²) >= 11 is 2.34. The molecular formula is C18H20INO4. The summed E-state index contributed by atoms with van der Waals surface area (Å²) in [7, 11) is 3.71. The molecule has 2 fully saturated rings. The topological polar surface area (TPSA) is 59.0 Å². The second-order valence-electron chi connectivity index (χ2n) is 7.55. The van der Waals surface area contributed by atoms with Crippen LogP contribution in [0.3, 0.4) is 0 Å². The normalized spacial score (nSPS) is 39.4. The fraction of sp³-hybridized carbons (Fsp3) is 0.611. The Balaban J connectivity index is 1.88. The summed E-state index contributed by atoms with van der Waals surface area (Å²) in [4.78, 5) is 15.0. The summed E-state index contributed by atoms with van der Waals surface area (Å²) in [5.74, 6) is 1.48. The number of aliphatic hydroxyl groups is 1. The van der Waals surface area contributed by atoms with Crippen molar-refractivity contribution in [3.05, 3.63) is 20.8 Å². The van der Waals surface area contributed by atoms with Gasteiger partial charge in [-0.3, -0.25) is 4.79 Å². The standard InChI is InChI=1S/C18H20INO4/c1-20-6-5-17-14-9-7-13(20)18(17,22)4-3-11(21)16(17)24-15(14)12(23-2)8-10(9)19/h8,13,16,22H,3-7H2,1-2H3/t13-,16+,17+,18-/m1/s1. The highest BCUT2D eigenvalue weighted by molar-refractivity contribution is 14.1. The number of hydrogen-bond acceptors (Lipinski definition) is 5. The van der Waals surface area contributed by atoms with Crippen molar-refractivity contribution in [2.45, 2.75) is 48.8 Å². The third kappa shape index (κ3) is 1.48. The highest BCUT2D eigenvalue weighted by Gasteiger charge is 2.73. The van der Waals surface area contributed by atoms with Crippen LogP contribution < -0.4 is 9.47 Å². The van der Waals surface area contributed by atoms with Crippen molar-refractivity contribution in [1.82, 2.24) is 4.90 Å². The molecule has 2 aliphatic carbocycles. The van der Waals surface area contributed by atoms with Crippen LogP contribution in [0.15, 0.2) is 6.07 Å². The number of ketones is 1. The van der Waals surface area contributed by atoms with Crippen molar-refractivity contribution in [2.75, 3.05) is 20.7 Å². The van der Waals surface area contributed by atoms with Gasteiger partial charge in [-0.05, 0) is 67.1 Å². The molecule has 5 rings (SSSR count). The van der Waals surface area contributed by atoms with E-state index in [-0.39, 0.29) is 11.8 Å². The molecule has 1 saturated heterocycles. The predicted octanol–water partition coefficient (Wildman–Crippen LogP) is 1.65. The Morgan fingerprint density at radius 3 is 3.00 bits per heavy atom. The van der Waals surface area contributed by atoms with Crippen LogP contribution in [0.4, 0.5) is 0 Å². The molecular weight excluding hydrogens is 421 g/mol. The highest BCUT2D eigenvalue weighted by Crippen LogP contribution is 2.65. The van der Waals surface area contributed by atoms with E-state index in [2.05, 4.69) is 34.5 Å². The van der Waals surface area contributed by atoms with Gasteiger partial charge in [0.15, 0.2) is 23.4 Å². The number of piperidine rings is 1. The van der Waals surface area contributed by atoms with Crippen molar-refractivity contribution >= 4 is 28.4 Å². The lowest BCUT2D eigenvalue weighted by molar-refractivity contribution is -0.185. The maximum atomic E-state index is 12.7. The molecule has 2 heterocycles. The molecule has 1 saturated carbocycles. The minimum atomic E-state index is -0.910. The largest absolute Gasteiger partial charge is 0.493 e. The first-order valence-electron chi connectivity index (χ1n) is 8.46. The monoisotopic (exact) mass is 441 g/mol. The Labute approximate surface area is 154 Å². The third-order valence-corrected chi connectivity index (χ3v) is 7.77. The summed E-state index contributed by atoms with van der Waals surface area (Å²) < 4.78 is 12.9. The number of carbonyl (C=O) groups excluding carboxylic acids is 1. The fourth-order valence-corrected chi connectivity index (χ4v) is 6.49. The molecule has 24 heavy (non-hydrogen) atoms. The molecule has 128 valence electrons. The molecule has 4 aliphatic rings. The van der Waals surface area contributed by atoms with Gasteiger partial charge in [0, 0.05) is 21.6 Å². The van der Waals surface area contributed by atoms with Crippen molar-refractivity contribution < 1.29 is 19.4 Å². The molecule has 0 radical (unpaired) electrons. The van der Waals surface area contributed by atoms with Gasteiger partial charge in [-0.25, -0.2) is 0 Å². The average Bonchev–Trinajstić information content (AvgIpc) is 2.90. The van der Waals surface area contributed by atoms with Crippen LogP contribution in [-0.4, -0.2) is 54.2 Å². The zero-order chi connectivity index (χ0) is 16.9. The molecule has 1 aromatic rings. The van der Waals surface area contributed by atoms with E-state index in [0.29, 0.717) is 24.3 Å². The minimum Gasteiger partial charge on any atom is -0.493 e. The number of likely N-dealkylation sites (N-methyl/N-ethyl adjacent to an activating group) is 1. The van der Waals surface area contributed by atoms with Gasteiger partial charge in [-0.1, -0.05) is 0 Å². The van der Waals surface area contributed by atoms with E-state index in [1.54, 1.807) is 7.11 Å². The van der Waals surface area contributed by atoms with E-state index in [1.807, 2.05) is 6.07 Å². The number of benzene rings is 1. The summed E-state index contributed by atoms with van der Waals surface area (Å²) in [5, 5.41) is 11.8. The Bertz CT molecular complexity index is 781. The van der Waals surface area contributed by atoms with Crippen LogP contribution in [-0.2, 0) is 16.6 Å². The van der Waals surface area contributed by atoms with Gasteiger partial charge in [0.05, 0.1) is 18.1 Å². The lowest BCUT2D eigenvalue weighted by Gasteiger charge is -2.62. The molecule has 1 N–H and O–H groups in total. The van der Waals surface area contributed by atoms with Crippen LogP contribution in [0.5, 0.6) is 11.5 Å². The van der Waals surface area contributed by atoms with Gasteiger partial charge in [-0.15, -0.1) is 0 Å². The number of Topliss-reactive ketones (excluding diaryl/α,β-unsaturated/α-hetero) is 1. The third-order valence-electron chi connectivity index (χ3n) is 6.81. The van der Waals surface area contributed by atoms with Gasteiger partial charge >= 0.3 is 0 Å². The Kier molecular flexibility index (Phi) is 2.98. The number of hydrogen-bond donors (Lipinski definition) is 1. The second-order valence-corrected chi connectivity index (χ2v) is 8.72. The molecule has 1 aromatic carbocycles. The summed E-state index contributed by atoms with van der Waals surface area (Å²) in [6, 6.07) is 2.03. The highest BCUT2D eigenvalue weighted by atomic mass is 127. The zero-order valence-electron chi connectivity index (χ0n) is 13.8. The quantitative estimate of drug-likeness (QED) is 0.672. The van der Waals surface area contributed by atoms with Gasteiger partial charge in [0.25, 0.3) is 0 Å². The molecule has 0 aromatic heterocycles. The summed E-state index contributed by atoms with van der Waals surface area (Å²) in [5.41, 5.74) is 0.754. The average molecular weight is 441 g/mol. The molecule has 2 aliphatic heterocycles. The molecule has 5 nitrogen and oxygen atoms in total. The van der Waals surface area contributed by atoms with Gasteiger partial charge in [-0.2, -0.15) is 0 Å². The maximum absolute atomic E-state index is 12.7. The van der Waals surface area contributed by atoms with Crippen molar-refractivity contribution in [1.29, 1.82) is 0 Å². The second kappa shape index (κ2) is 4.65. The summed E-state index contributed by atoms with van der Waals surface area (Å²) in [6.45, 7) is 0.868. The first-order chi connectivity index (χ1) is 11.4. The van der Waals surface area contributed by atoms with Crippen LogP contribution in [0.2, 0.25) is 0 Å². The van der Waals surface area contributed by atoms with E-state index < -0.39 is 17.1 Å². The van der Waals surface area contributed by atoms with Crippen LogP contribution in [0.1, 0.15) is 30.4 Å². The number of nitrogens with zero attached hydrogens (tertiary/aromatic N) is 1. The number of rotatable bonds is 1. The van der Waals surface area contributed by atoms with Gasteiger partial charge < -0.3 is 19.5 Å². The van der Waals surface area contributed by atoms with E-state index >= 15 is 0 Å². The van der Waals surface area contributed by atoms with E-state index in [4.69, 9.17) is 9.47 Å². The van der Waals surface area contributed by atoms with E-state index in [0.717, 1.165) is 28.5 Å². The number of carbonyl (C=O) groups is 1. The predicted molar refractivity (Wildman–Crippen MR) is 95.7 cm³/mol. The van der Waals surface area contributed by atoms with Gasteiger partial charge in [0.2, 0.25) is 0 Å². The number of likely N-dealkylation sites (tertiary alicyclic amines) is 1. The molecule has 2 bridgehead atoms. The Morgan fingerprint density at radius 2 is 2.25 bits per heavy atom. The van der Waals surface area contributed by atoms with Crippen molar-refractivity contribution in [3.8, 4) is 11.5 Å². The van der Waals surface area contributed by atoms with E-state index in [1.165, 1.54) is 5.56 Å². The van der Waals surface area contributed by atoms with Gasteiger partial charge in [0.1, 0.15) is 0 Å². The smallest absolute Gasteiger partial charge is 0.174 e. The molecule has 0 unspecified atom stereocenters. The molecule has 1 spiro atoms. The number of halogens is 1. The zero-order valence-corrected chi connectivity index (χ0v) is 15.9. The van der Waals surface area contributed by atoms with Crippen LogP contribution in [0, 0.1) is 3.57 Å². The SMILES string of the molecule is COc1cc(I)c2c3c1O[C@H]1C(=O)CC[C@@]4(O)[C@@H](C2)N(C)CC[C@]314. The Morgan fingerprint density at radius 1 is 1.46 bits per heavy atom.